The number of carbonyl (C=O) groups is 1. The van der Waals surface area contributed by atoms with E-state index in [1.54, 1.807) is 7.11 Å². The number of nitrogens with one attached hydrogen (secondary N) is 1. The van der Waals surface area contributed by atoms with E-state index >= 15 is 0 Å². The van der Waals surface area contributed by atoms with Crippen LogP contribution in [0.2, 0.25) is 0 Å². The lowest BCUT2D eigenvalue weighted by atomic mass is 9.97. The van der Waals surface area contributed by atoms with Crippen molar-refractivity contribution in [3.05, 3.63) is 24.3 Å². The molecular formula is C24H35N5O3. The molecule has 2 fully saturated rings. The number of ether oxygens (including phenoxy) is 1. The van der Waals surface area contributed by atoms with Gasteiger partial charge < -0.3 is 24.4 Å². The number of carbonyl (C=O) groups excluding carboxylic acids is 1. The van der Waals surface area contributed by atoms with Gasteiger partial charge in [0.1, 0.15) is 5.75 Å². The molecule has 1 aromatic heterocycles. The normalized spacial score (nSPS) is 20.3. The molecule has 32 heavy (non-hydrogen) atoms. The SMILES string of the molecule is COc1ccc(-c2noc(N3CCC[C@@H](C(=O)NCCCN4CCC(C)CC4)C3)n2)cc1. The number of piperidine rings is 2. The van der Waals surface area contributed by atoms with E-state index in [1.165, 1.54) is 25.9 Å². The van der Waals surface area contributed by atoms with Crippen LogP contribution in [0.4, 0.5) is 6.01 Å². The molecule has 0 spiro atoms. The number of amides is 1. The van der Waals surface area contributed by atoms with Gasteiger partial charge in [-0.15, -0.1) is 0 Å². The number of methoxy groups -OCH3 is 1. The van der Waals surface area contributed by atoms with Crippen molar-refractivity contribution in [3.63, 3.8) is 0 Å². The maximum Gasteiger partial charge on any atom is 0.324 e. The Kier molecular flexibility index (Phi) is 7.63. The van der Waals surface area contributed by atoms with Crippen molar-refractivity contribution in [2.45, 2.75) is 39.0 Å². The highest BCUT2D eigenvalue weighted by Gasteiger charge is 2.28. The van der Waals surface area contributed by atoms with Crippen LogP contribution in [0.5, 0.6) is 5.75 Å². The Morgan fingerprint density at radius 2 is 1.97 bits per heavy atom. The third-order valence-corrected chi connectivity index (χ3v) is 6.65. The minimum absolute atomic E-state index is 0.0454. The molecule has 0 saturated carbocycles. The van der Waals surface area contributed by atoms with Gasteiger partial charge in [-0.3, -0.25) is 4.79 Å². The van der Waals surface area contributed by atoms with Gasteiger partial charge in [-0.1, -0.05) is 12.1 Å². The highest BCUT2D eigenvalue weighted by Crippen LogP contribution is 2.26. The second-order valence-electron chi connectivity index (χ2n) is 9.08. The largest absolute Gasteiger partial charge is 0.497 e. The molecule has 1 aromatic carbocycles. The van der Waals surface area contributed by atoms with Crippen molar-refractivity contribution >= 4 is 11.9 Å². The topological polar surface area (TPSA) is 83.7 Å². The maximum atomic E-state index is 12.7. The number of nitrogens with zero attached hydrogens (tertiary/aromatic N) is 4. The molecule has 1 atom stereocenters. The zero-order valence-corrected chi connectivity index (χ0v) is 19.3. The highest BCUT2D eigenvalue weighted by molar-refractivity contribution is 5.79. The molecule has 2 aliphatic rings. The fraction of sp³-hybridized carbons (Fsp3) is 0.625. The van der Waals surface area contributed by atoms with Crippen LogP contribution in [-0.4, -0.2) is 67.3 Å². The number of hydrogen-bond donors (Lipinski definition) is 1. The lowest BCUT2D eigenvalue weighted by Gasteiger charge is -2.31. The van der Waals surface area contributed by atoms with Crippen LogP contribution in [0.3, 0.4) is 0 Å². The summed E-state index contributed by atoms with van der Waals surface area (Å²) in [5.74, 6) is 2.27. The Hall–Kier alpha value is -2.61. The Morgan fingerprint density at radius 1 is 1.19 bits per heavy atom. The smallest absolute Gasteiger partial charge is 0.324 e. The van der Waals surface area contributed by atoms with Gasteiger partial charge in [-0.2, -0.15) is 4.98 Å². The molecule has 8 nitrogen and oxygen atoms in total. The maximum absolute atomic E-state index is 12.7. The van der Waals surface area contributed by atoms with Crippen molar-refractivity contribution in [3.8, 4) is 17.1 Å². The van der Waals surface area contributed by atoms with Gasteiger partial charge >= 0.3 is 6.01 Å². The second kappa shape index (κ2) is 10.8. The molecule has 2 aliphatic heterocycles. The van der Waals surface area contributed by atoms with E-state index in [2.05, 4.69) is 27.3 Å². The zero-order chi connectivity index (χ0) is 22.3. The minimum atomic E-state index is -0.0454. The summed E-state index contributed by atoms with van der Waals surface area (Å²) in [6, 6.07) is 8.04. The molecule has 0 bridgehead atoms. The average molecular weight is 442 g/mol. The van der Waals surface area contributed by atoms with E-state index in [1.807, 2.05) is 29.2 Å². The fourth-order valence-corrected chi connectivity index (χ4v) is 4.51. The zero-order valence-electron chi connectivity index (χ0n) is 19.3. The molecule has 3 heterocycles. The first-order chi connectivity index (χ1) is 15.6. The number of hydrogen-bond acceptors (Lipinski definition) is 7. The summed E-state index contributed by atoms with van der Waals surface area (Å²) in [6.07, 6.45) is 5.42. The molecule has 4 rings (SSSR count). The third kappa shape index (κ3) is 5.79. The summed E-state index contributed by atoms with van der Waals surface area (Å²) in [5.41, 5.74) is 0.871. The monoisotopic (exact) mass is 441 g/mol. The van der Waals surface area contributed by atoms with E-state index in [0.29, 0.717) is 18.4 Å². The van der Waals surface area contributed by atoms with E-state index in [0.717, 1.165) is 56.1 Å². The first kappa shape index (κ1) is 22.6. The van der Waals surface area contributed by atoms with Crippen molar-refractivity contribution < 1.29 is 14.1 Å². The Morgan fingerprint density at radius 3 is 2.72 bits per heavy atom. The van der Waals surface area contributed by atoms with Crippen molar-refractivity contribution in [1.82, 2.24) is 20.4 Å². The van der Waals surface area contributed by atoms with Crippen molar-refractivity contribution in [2.75, 3.05) is 51.3 Å². The molecule has 1 N–H and O–H groups in total. The molecule has 0 radical (unpaired) electrons. The van der Waals surface area contributed by atoms with Crippen LogP contribution in [0.25, 0.3) is 11.4 Å². The summed E-state index contributed by atoms with van der Waals surface area (Å²) in [4.78, 5) is 21.8. The Labute approximate surface area is 190 Å². The van der Waals surface area contributed by atoms with Crippen LogP contribution < -0.4 is 15.0 Å². The fourth-order valence-electron chi connectivity index (χ4n) is 4.51. The van der Waals surface area contributed by atoms with Crippen LogP contribution in [0, 0.1) is 11.8 Å². The summed E-state index contributed by atoms with van der Waals surface area (Å²) < 4.78 is 10.7. The number of likely N-dealkylation sites (tertiary alicyclic amines) is 1. The van der Waals surface area contributed by atoms with Gasteiger partial charge in [0.2, 0.25) is 11.7 Å². The van der Waals surface area contributed by atoms with Gasteiger partial charge in [-0.05, 0) is 81.9 Å². The van der Waals surface area contributed by atoms with Gasteiger partial charge in [0.15, 0.2) is 0 Å². The van der Waals surface area contributed by atoms with Crippen molar-refractivity contribution in [1.29, 1.82) is 0 Å². The highest BCUT2D eigenvalue weighted by atomic mass is 16.5. The summed E-state index contributed by atoms with van der Waals surface area (Å²) in [6.45, 7) is 7.95. The molecule has 0 unspecified atom stereocenters. The van der Waals surface area contributed by atoms with Crippen LogP contribution >= 0.6 is 0 Å². The van der Waals surface area contributed by atoms with E-state index < -0.39 is 0 Å². The summed E-state index contributed by atoms with van der Waals surface area (Å²) >= 11 is 0. The van der Waals surface area contributed by atoms with E-state index in [9.17, 15) is 4.79 Å². The average Bonchev–Trinajstić information content (AvgIpc) is 3.33. The van der Waals surface area contributed by atoms with Gasteiger partial charge in [-0.25, -0.2) is 0 Å². The molecule has 174 valence electrons. The second-order valence-corrected chi connectivity index (χ2v) is 9.08. The summed E-state index contributed by atoms with van der Waals surface area (Å²) in [7, 11) is 1.64. The molecule has 2 aromatic rings. The van der Waals surface area contributed by atoms with E-state index in [-0.39, 0.29) is 11.8 Å². The Bertz CT molecular complexity index is 861. The molecule has 0 aliphatic carbocycles. The van der Waals surface area contributed by atoms with Crippen LogP contribution in [0.1, 0.15) is 39.0 Å². The number of benzene rings is 1. The Balaban J connectivity index is 1.24. The third-order valence-electron chi connectivity index (χ3n) is 6.65. The van der Waals surface area contributed by atoms with Crippen molar-refractivity contribution in [2.24, 2.45) is 11.8 Å². The molecule has 8 heteroatoms. The quantitative estimate of drug-likeness (QED) is 0.630. The molecule has 2 saturated heterocycles. The predicted octanol–water partition coefficient (Wildman–Crippen LogP) is 3.20. The first-order valence-electron chi connectivity index (χ1n) is 11.9. The minimum Gasteiger partial charge on any atom is -0.497 e. The lowest BCUT2D eigenvalue weighted by molar-refractivity contribution is -0.125. The molecule has 1 amide bonds. The van der Waals surface area contributed by atoms with Gasteiger partial charge in [0, 0.05) is 25.2 Å². The van der Waals surface area contributed by atoms with Gasteiger partial charge in [0.25, 0.3) is 0 Å². The number of aromatic nitrogens is 2. The van der Waals surface area contributed by atoms with E-state index in [4.69, 9.17) is 9.26 Å². The standard InChI is InChI=1S/C24H35N5O3/c1-18-10-15-28(16-11-18)13-4-12-25-23(30)20-5-3-14-29(17-20)24-26-22(27-32-24)19-6-8-21(31-2)9-7-19/h6-9,18,20H,3-5,10-17H2,1-2H3,(H,25,30)/t20-/m1/s1. The van der Waals surface area contributed by atoms with Gasteiger partial charge in [0.05, 0.1) is 13.0 Å². The number of rotatable bonds is 8. The first-order valence-corrected chi connectivity index (χ1v) is 11.9. The number of anilines is 1. The predicted molar refractivity (Wildman–Crippen MR) is 124 cm³/mol. The summed E-state index contributed by atoms with van der Waals surface area (Å²) in [5, 5.41) is 7.27. The lowest BCUT2D eigenvalue weighted by Crippen LogP contribution is -2.44. The van der Waals surface area contributed by atoms with Crippen LogP contribution in [0.15, 0.2) is 28.8 Å². The van der Waals surface area contributed by atoms with Crippen LogP contribution in [-0.2, 0) is 4.79 Å². The molecular weight excluding hydrogens is 406 g/mol.